The molecule has 3 atom stereocenters. The third kappa shape index (κ3) is 3.16. The van der Waals surface area contributed by atoms with Crippen LogP contribution < -0.4 is 15.4 Å². The Bertz CT molecular complexity index is 728. The monoisotopic (exact) mass is 344 g/mol. The Balaban J connectivity index is 1.37. The standard InChI is InChI=1S/C18H20N2O3S/c1-22-16-8-9-17(23-16)24-13-5-2-11(3-6-13)18(21)20-15-10-12-4-7-14(15)19-12/h2-3,5-6,8-9,12,14-15,19H,4,7,10H2,1H3,(H,20,21)/t12-,14+,15-/m1/s1. The minimum Gasteiger partial charge on any atom is -0.468 e. The van der Waals surface area contributed by atoms with Gasteiger partial charge in [-0.25, -0.2) is 0 Å². The molecule has 1 aromatic carbocycles. The first-order valence-corrected chi connectivity index (χ1v) is 9.01. The van der Waals surface area contributed by atoms with Crippen LogP contribution in [0, 0.1) is 0 Å². The number of benzene rings is 1. The average Bonchev–Trinajstić information content (AvgIpc) is 3.32. The van der Waals surface area contributed by atoms with E-state index in [9.17, 15) is 4.79 Å². The summed E-state index contributed by atoms with van der Waals surface area (Å²) in [6.07, 6.45) is 3.45. The highest BCUT2D eigenvalue weighted by Crippen LogP contribution is 2.32. The number of amides is 1. The molecular formula is C18H20N2O3S. The summed E-state index contributed by atoms with van der Waals surface area (Å²) < 4.78 is 10.5. The zero-order chi connectivity index (χ0) is 16.5. The van der Waals surface area contributed by atoms with E-state index in [1.54, 1.807) is 13.2 Å². The highest BCUT2D eigenvalue weighted by atomic mass is 32.2. The largest absolute Gasteiger partial charge is 0.468 e. The van der Waals surface area contributed by atoms with E-state index in [0.717, 1.165) is 22.8 Å². The van der Waals surface area contributed by atoms with Gasteiger partial charge in [-0.15, -0.1) is 0 Å². The number of carbonyl (C=O) groups excluding carboxylic acids is 1. The normalized spacial score (nSPS) is 25.0. The van der Waals surface area contributed by atoms with Crippen molar-refractivity contribution >= 4 is 17.7 Å². The van der Waals surface area contributed by atoms with Crippen LogP contribution in [0.4, 0.5) is 0 Å². The molecule has 2 bridgehead atoms. The van der Waals surface area contributed by atoms with Crippen molar-refractivity contribution in [3.05, 3.63) is 42.0 Å². The van der Waals surface area contributed by atoms with Gasteiger partial charge in [-0.3, -0.25) is 4.79 Å². The van der Waals surface area contributed by atoms with Gasteiger partial charge in [0.05, 0.1) is 7.11 Å². The minimum atomic E-state index is 0.00516. The van der Waals surface area contributed by atoms with Gasteiger partial charge in [0.2, 0.25) is 0 Å². The first-order chi connectivity index (χ1) is 11.7. The van der Waals surface area contributed by atoms with Gasteiger partial charge in [-0.05, 0) is 49.6 Å². The first-order valence-electron chi connectivity index (χ1n) is 8.20. The van der Waals surface area contributed by atoms with Gasteiger partial charge >= 0.3 is 0 Å². The lowest BCUT2D eigenvalue weighted by Crippen LogP contribution is -2.42. The van der Waals surface area contributed by atoms with Crippen molar-refractivity contribution in [2.45, 2.75) is 47.4 Å². The Kier molecular flexibility index (Phi) is 4.24. The number of fused-ring (bicyclic) bond motifs is 2. The molecule has 2 fully saturated rings. The third-order valence-corrected chi connectivity index (χ3v) is 5.64. The molecule has 1 amide bonds. The summed E-state index contributed by atoms with van der Waals surface area (Å²) in [5, 5.41) is 7.46. The molecule has 24 heavy (non-hydrogen) atoms. The van der Waals surface area contributed by atoms with Crippen molar-refractivity contribution in [2.24, 2.45) is 0 Å². The number of rotatable bonds is 5. The lowest BCUT2D eigenvalue weighted by Gasteiger charge is -2.21. The highest BCUT2D eigenvalue weighted by molar-refractivity contribution is 7.99. The second-order valence-electron chi connectivity index (χ2n) is 6.27. The van der Waals surface area contributed by atoms with Gasteiger partial charge < -0.3 is 19.8 Å². The Morgan fingerprint density at radius 2 is 2.08 bits per heavy atom. The van der Waals surface area contributed by atoms with Gasteiger partial charge in [0.15, 0.2) is 5.09 Å². The van der Waals surface area contributed by atoms with Crippen LogP contribution in [-0.2, 0) is 0 Å². The number of carbonyl (C=O) groups is 1. The maximum atomic E-state index is 12.4. The fourth-order valence-electron chi connectivity index (χ4n) is 3.49. The number of nitrogens with one attached hydrogen (secondary N) is 2. The van der Waals surface area contributed by atoms with Gasteiger partial charge in [0.1, 0.15) is 0 Å². The minimum absolute atomic E-state index is 0.00516. The Morgan fingerprint density at radius 3 is 2.71 bits per heavy atom. The summed E-state index contributed by atoms with van der Waals surface area (Å²) >= 11 is 1.50. The fourth-order valence-corrected chi connectivity index (χ4v) is 4.26. The van der Waals surface area contributed by atoms with E-state index in [1.807, 2.05) is 30.3 Å². The zero-order valence-electron chi connectivity index (χ0n) is 13.5. The number of methoxy groups -OCH3 is 1. The maximum absolute atomic E-state index is 12.4. The Labute approximate surface area is 145 Å². The highest BCUT2D eigenvalue weighted by Gasteiger charge is 2.39. The Morgan fingerprint density at radius 1 is 1.25 bits per heavy atom. The second kappa shape index (κ2) is 6.53. The first kappa shape index (κ1) is 15.6. The predicted molar refractivity (Wildman–Crippen MR) is 91.6 cm³/mol. The van der Waals surface area contributed by atoms with E-state index in [2.05, 4.69) is 10.6 Å². The molecule has 4 rings (SSSR count). The SMILES string of the molecule is COc1ccc(Sc2ccc(C(=O)N[C@@H]3C[C@H]4CC[C@@H]3N4)cc2)o1. The molecule has 2 N–H and O–H groups in total. The smallest absolute Gasteiger partial charge is 0.285 e. The van der Waals surface area contributed by atoms with Crippen LogP contribution in [0.5, 0.6) is 5.95 Å². The topological polar surface area (TPSA) is 63.5 Å². The predicted octanol–water partition coefficient (Wildman–Crippen LogP) is 3.06. The molecule has 2 aromatic rings. The van der Waals surface area contributed by atoms with Crippen LogP contribution in [0.1, 0.15) is 29.6 Å². The number of ether oxygens (including phenoxy) is 1. The molecule has 0 spiro atoms. The molecule has 2 saturated heterocycles. The molecule has 0 unspecified atom stereocenters. The average molecular weight is 344 g/mol. The van der Waals surface area contributed by atoms with Crippen LogP contribution in [-0.4, -0.2) is 31.1 Å². The summed E-state index contributed by atoms with van der Waals surface area (Å²) in [4.78, 5) is 13.4. The number of furan rings is 1. The van der Waals surface area contributed by atoms with E-state index >= 15 is 0 Å². The Hall–Kier alpha value is -1.92. The molecule has 3 heterocycles. The summed E-state index contributed by atoms with van der Waals surface area (Å²) in [5.74, 6) is 0.499. The molecule has 1 aromatic heterocycles. The van der Waals surface area contributed by atoms with E-state index in [1.165, 1.54) is 18.2 Å². The van der Waals surface area contributed by atoms with Crippen LogP contribution in [0.2, 0.25) is 0 Å². The lowest BCUT2D eigenvalue weighted by molar-refractivity contribution is 0.0931. The number of hydrogen-bond acceptors (Lipinski definition) is 5. The molecule has 0 saturated carbocycles. The van der Waals surface area contributed by atoms with Crippen molar-refractivity contribution in [1.82, 2.24) is 10.6 Å². The van der Waals surface area contributed by atoms with E-state index in [-0.39, 0.29) is 11.9 Å². The lowest BCUT2D eigenvalue weighted by atomic mass is 9.95. The zero-order valence-corrected chi connectivity index (χ0v) is 14.3. The molecule has 2 aliphatic rings. The van der Waals surface area contributed by atoms with Gasteiger partial charge in [0.25, 0.3) is 11.9 Å². The molecule has 6 heteroatoms. The van der Waals surface area contributed by atoms with Crippen molar-refractivity contribution in [2.75, 3.05) is 7.11 Å². The maximum Gasteiger partial charge on any atom is 0.285 e. The number of hydrogen-bond donors (Lipinski definition) is 2. The summed E-state index contributed by atoms with van der Waals surface area (Å²) in [6.45, 7) is 0. The van der Waals surface area contributed by atoms with Crippen LogP contribution in [0.3, 0.4) is 0 Å². The second-order valence-corrected chi connectivity index (χ2v) is 7.35. The van der Waals surface area contributed by atoms with E-state index < -0.39 is 0 Å². The molecular weight excluding hydrogens is 324 g/mol. The van der Waals surface area contributed by atoms with Gasteiger partial charge in [-0.1, -0.05) is 11.8 Å². The van der Waals surface area contributed by atoms with Crippen LogP contribution in [0.25, 0.3) is 0 Å². The fraction of sp³-hybridized carbons (Fsp3) is 0.389. The molecule has 2 aliphatic heterocycles. The van der Waals surface area contributed by atoms with Crippen molar-refractivity contribution in [3.63, 3.8) is 0 Å². The summed E-state index contributed by atoms with van der Waals surface area (Å²) in [5.41, 5.74) is 0.694. The quantitative estimate of drug-likeness (QED) is 0.873. The molecule has 0 aliphatic carbocycles. The molecule has 126 valence electrons. The van der Waals surface area contributed by atoms with Crippen molar-refractivity contribution < 1.29 is 13.9 Å². The summed E-state index contributed by atoms with van der Waals surface area (Å²) in [6, 6.07) is 12.5. The third-order valence-electron chi connectivity index (χ3n) is 4.71. The van der Waals surface area contributed by atoms with Crippen molar-refractivity contribution in [3.8, 4) is 5.95 Å². The van der Waals surface area contributed by atoms with E-state index in [4.69, 9.17) is 9.15 Å². The molecule has 0 radical (unpaired) electrons. The van der Waals surface area contributed by atoms with E-state index in [0.29, 0.717) is 23.6 Å². The summed E-state index contributed by atoms with van der Waals surface area (Å²) in [7, 11) is 1.58. The van der Waals surface area contributed by atoms with Crippen LogP contribution in [0.15, 0.2) is 50.8 Å². The molecule has 5 nitrogen and oxygen atoms in total. The van der Waals surface area contributed by atoms with Gasteiger partial charge in [-0.2, -0.15) is 0 Å². The van der Waals surface area contributed by atoms with Crippen LogP contribution >= 0.6 is 11.8 Å². The van der Waals surface area contributed by atoms with Crippen molar-refractivity contribution in [1.29, 1.82) is 0 Å². The van der Waals surface area contributed by atoms with Gasteiger partial charge in [0, 0.05) is 34.7 Å².